The van der Waals surface area contributed by atoms with Crippen molar-refractivity contribution in [1.82, 2.24) is 10.2 Å². The molecule has 8 heteroatoms. The highest BCUT2D eigenvalue weighted by molar-refractivity contribution is 6.02. The van der Waals surface area contributed by atoms with Gasteiger partial charge in [-0.25, -0.2) is 4.79 Å². The first-order valence-electron chi connectivity index (χ1n) is 11.1. The van der Waals surface area contributed by atoms with Crippen molar-refractivity contribution >= 4 is 17.6 Å². The monoisotopic (exact) mass is 447 g/mol. The zero-order chi connectivity index (χ0) is 22.6. The van der Waals surface area contributed by atoms with E-state index in [4.69, 9.17) is 13.9 Å². The molecule has 0 aliphatic carbocycles. The number of nitrogens with zero attached hydrogens (tertiary/aromatic N) is 1. The third kappa shape index (κ3) is 4.64. The van der Waals surface area contributed by atoms with E-state index in [1.54, 1.807) is 24.3 Å². The molecule has 2 N–H and O–H groups in total. The topological polar surface area (TPSA) is 93.0 Å². The normalized spacial score (nSPS) is 17.0. The van der Waals surface area contributed by atoms with Crippen LogP contribution in [-0.4, -0.2) is 36.6 Å². The number of anilines is 1. The number of nitrogens with one attached hydrogen (secondary N) is 2. The smallest absolute Gasteiger partial charge is 0.318 e. The Hall–Kier alpha value is -3.94. The molecule has 2 aromatic carbocycles. The van der Waals surface area contributed by atoms with Gasteiger partial charge >= 0.3 is 6.03 Å². The number of carbonyl (C=O) groups excluding carboxylic acids is 2. The fraction of sp³-hybridized carbons (Fsp3) is 0.280. The fourth-order valence-corrected chi connectivity index (χ4v) is 4.21. The number of ether oxygens (including phenoxy) is 2. The lowest BCUT2D eigenvalue weighted by Crippen LogP contribution is -2.39. The molecule has 3 heterocycles. The molecule has 5 rings (SSSR count). The Bertz CT molecular complexity index is 1130. The summed E-state index contributed by atoms with van der Waals surface area (Å²) in [7, 11) is 0. The molecule has 0 unspecified atom stereocenters. The molecule has 0 saturated carbocycles. The lowest BCUT2D eigenvalue weighted by Gasteiger charge is -2.27. The van der Waals surface area contributed by atoms with Gasteiger partial charge in [-0.1, -0.05) is 18.2 Å². The number of hydrogen-bond donors (Lipinski definition) is 2. The SMILES string of the molecule is O=C(Nc1ccc(CNC(=O)N2CCC[C@@H]2c2ccc3c(c2)OCCO3)cc1)c1ccco1. The quantitative estimate of drug-likeness (QED) is 0.607. The predicted molar refractivity (Wildman–Crippen MR) is 121 cm³/mol. The van der Waals surface area contributed by atoms with Gasteiger partial charge in [-0.15, -0.1) is 0 Å². The maximum absolute atomic E-state index is 12.9. The van der Waals surface area contributed by atoms with Crippen molar-refractivity contribution < 1.29 is 23.5 Å². The molecule has 0 radical (unpaired) electrons. The van der Waals surface area contributed by atoms with Crippen molar-refractivity contribution in [3.8, 4) is 11.5 Å². The van der Waals surface area contributed by atoms with Gasteiger partial charge in [-0.3, -0.25) is 4.79 Å². The predicted octanol–water partition coefficient (Wildman–Crippen LogP) is 4.35. The van der Waals surface area contributed by atoms with E-state index in [1.807, 2.05) is 35.2 Å². The molecule has 1 atom stereocenters. The number of benzene rings is 2. The maximum atomic E-state index is 12.9. The molecule has 1 aromatic heterocycles. The summed E-state index contributed by atoms with van der Waals surface area (Å²) in [5, 5.41) is 5.79. The van der Waals surface area contributed by atoms with Crippen LogP contribution in [0.1, 0.15) is 40.6 Å². The van der Waals surface area contributed by atoms with Crippen LogP contribution in [-0.2, 0) is 6.54 Å². The van der Waals surface area contributed by atoms with Gasteiger partial charge in [0.25, 0.3) is 5.91 Å². The fourth-order valence-electron chi connectivity index (χ4n) is 4.21. The molecule has 1 fully saturated rings. The summed E-state index contributed by atoms with van der Waals surface area (Å²) in [4.78, 5) is 26.9. The zero-order valence-corrected chi connectivity index (χ0v) is 18.1. The molecule has 170 valence electrons. The van der Waals surface area contributed by atoms with E-state index in [-0.39, 0.29) is 23.7 Å². The number of fused-ring (bicyclic) bond motifs is 1. The van der Waals surface area contributed by atoms with Crippen molar-refractivity contribution in [3.05, 3.63) is 77.7 Å². The van der Waals surface area contributed by atoms with Crippen LogP contribution in [0.4, 0.5) is 10.5 Å². The van der Waals surface area contributed by atoms with Crippen molar-refractivity contribution in [3.63, 3.8) is 0 Å². The highest BCUT2D eigenvalue weighted by atomic mass is 16.6. The van der Waals surface area contributed by atoms with Gasteiger partial charge in [0, 0.05) is 18.8 Å². The second-order valence-electron chi connectivity index (χ2n) is 8.04. The summed E-state index contributed by atoms with van der Waals surface area (Å²) < 4.78 is 16.4. The number of urea groups is 1. The van der Waals surface area contributed by atoms with E-state index in [0.29, 0.717) is 32.0 Å². The molecular weight excluding hydrogens is 422 g/mol. The minimum Gasteiger partial charge on any atom is -0.486 e. The molecule has 0 spiro atoms. The van der Waals surface area contributed by atoms with E-state index in [1.165, 1.54) is 6.26 Å². The Balaban J connectivity index is 1.18. The Morgan fingerprint density at radius 1 is 1.00 bits per heavy atom. The summed E-state index contributed by atoms with van der Waals surface area (Å²) in [6, 6.07) is 16.5. The van der Waals surface area contributed by atoms with Crippen molar-refractivity contribution in [1.29, 1.82) is 0 Å². The Kier molecular flexibility index (Phi) is 5.89. The number of rotatable bonds is 5. The van der Waals surface area contributed by atoms with Crippen LogP contribution in [0.3, 0.4) is 0 Å². The van der Waals surface area contributed by atoms with Crippen LogP contribution < -0.4 is 20.1 Å². The molecule has 33 heavy (non-hydrogen) atoms. The average Bonchev–Trinajstić information content (AvgIpc) is 3.56. The highest BCUT2D eigenvalue weighted by Crippen LogP contribution is 2.38. The summed E-state index contributed by atoms with van der Waals surface area (Å²) in [6.45, 7) is 2.20. The van der Waals surface area contributed by atoms with Crippen LogP contribution in [0, 0.1) is 0 Å². The molecule has 3 aromatic rings. The maximum Gasteiger partial charge on any atom is 0.318 e. The molecule has 3 amide bonds. The third-order valence-electron chi connectivity index (χ3n) is 5.87. The van der Waals surface area contributed by atoms with E-state index in [9.17, 15) is 9.59 Å². The van der Waals surface area contributed by atoms with Crippen molar-refractivity contribution in [2.45, 2.75) is 25.4 Å². The largest absolute Gasteiger partial charge is 0.486 e. The first kappa shape index (κ1) is 20.9. The molecular formula is C25H25N3O5. The number of amides is 3. The van der Waals surface area contributed by atoms with E-state index < -0.39 is 0 Å². The molecule has 1 saturated heterocycles. The second kappa shape index (κ2) is 9.28. The minimum absolute atomic E-state index is 0.0139. The van der Waals surface area contributed by atoms with E-state index in [2.05, 4.69) is 10.6 Å². The van der Waals surface area contributed by atoms with Gasteiger partial charge in [-0.2, -0.15) is 0 Å². The molecule has 2 aliphatic heterocycles. The van der Waals surface area contributed by atoms with Crippen molar-refractivity contribution in [2.75, 3.05) is 25.1 Å². The highest BCUT2D eigenvalue weighted by Gasteiger charge is 2.30. The van der Waals surface area contributed by atoms with Crippen LogP contribution in [0.15, 0.2) is 65.3 Å². The second-order valence-corrected chi connectivity index (χ2v) is 8.04. The Morgan fingerprint density at radius 2 is 1.82 bits per heavy atom. The first-order chi connectivity index (χ1) is 16.2. The lowest BCUT2D eigenvalue weighted by atomic mass is 10.0. The number of likely N-dealkylation sites (tertiary alicyclic amines) is 1. The van der Waals surface area contributed by atoms with Crippen molar-refractivity contribution in [2.24, 2.45) is 0 Å². The van der Waals surface area contributed by atoms with E-state index in [0.717, 1.165) is 35.5 Å². The first-order valence-corrected chi connectivity index (χ1v) is 11.1. The average molecular weight is 447 g/mol. The van der Waals surface area contributed by atoms with Gasteiger partial charge < -0.3 is 29.4 Å². The molecule has 2 aliphatic rings. The summed E-state index contributed by atoms with van der Waals surface area (Å²) >= 11 is 0. The number of furan rings is 1. The minimum atomic E-state index is -0.305. The van der Waals surface area contributed by atoms with Crippen LogP contribution in [0.25, 0.3) is 0 Å². The van der Waals surface area contributed by atoms with Gasteiger partial charge in [0.1, 0.15) is 13.2 Å². The number of hydrogen-bond acceptors (Lipinski definition) is 5. The van der Waals surface area contributed by atoms with Crippen LogP contribution >= 0.6 is 0 Å². The van der Waals surface area contributed by atoms with Gasteiger partial charge in [0.2, 0.25) is 0 Å². The summed E-state index contributed by atoms with van der Waals surface area (Å²) in [5.41, 5.74) is 2.66. The third-order valence-corrected chi connectivity index (χ3v) is 5.87. The Morgan fingerprint density at radius 3 is 2.61 bits per heavy atom. The lowest BCUT2D eigenvalue weighted by molar-refractivity contribution is 0.0996. The molecule has 8 nitrogen and oxygen atoms in total. The number of carbonyl (C=O) groups is 2. The van der Waals surface area contributed by atoms with Gasteiger partial charge in [0.15, 0.2) is 17.3 Å². The molecule has 0 bridgehead atoms. The summed E-state index contributed by atoms with van der Waals surface area (Å²) in [6.07, 6.45) is 3.33. The Labute approximate surface area is 191 Å². The van der Waals surface area contributed by atoms with E-state index >= 15 is 0 Å². The summed E-state index contributed by atoms with van der Waals surface area (Å²) in [5.74, 6) is 1.44. The van der Waals surface area contributed by atoms with Crippen LogP contribution in [0.2, 0.25) is 0 Å². The van der Waals surface area contributed by atoms with Gasteiger partial charge in [0.05, 0.1) is 12.3 Å². The van der Waals surface area contributed by atoms with Crippen LogP contribution in [0.5, 0.6) is 11.5 Å². The zero-order valence-electron chi connectivity index (χ0n) is 18.1. The van der Waals surface area contributed by atoms with Gasteiger partial charge in [-0.05, 0) is 60.4 Å². The standard InChI is InChI=1S/C25H25N3O5/c29-24(22-4-2-12-31-22)27-19-8-5-17(6-9-19)16-26-25(30)28-11-1-3-20(28)18-7-10-21-23(15-18)33-14-13-32-21/h2,4-10,12,15,20H,1,3,11,13-14,16H2,(H,26,30)(H,27,29)/t20-/m1/s1.